The summed E-state index contributed by atoms with van der Waals surface area (Å²) in [5.74, 6) is 0.473. The Morgan fingerprint density at radius 2 is 1.66 bits per heavy atom. The van der Waals surface area contributed by atoms with Crippen molar-refractivity contribution in [2.75, 3.05) is 49.1 Å². The zero-order valence-corrected chi connectivity index (χ0v) is 36.0. The van der Waals surface area contributed by atoms with Gasteiger partial charge in [-0.15, -0.1) is 0 Å². The third kappa shape index (κ3) is 8.56. The molecule has 0 unspecified atom stereocenters. The van der Waals surface area contributed by atoms with Gasteiger partial charge in [0.2, 0.25) is 5.91 Å². The topological polar surface area (TPSA) is 172 Å². The van der Waals surface area contributed by atoms with Gasteiger partial charge in [0.25, 0.3) is 0 Å². The van der Waals surface area contributed by atoms with Crippen LogP contribution in [0.15, 0.2) is 77.8 Å². The molecule has 0 spiro atoms. The highest BCUT2D eigenvalue weighted by Crippen LogP contribution is 2.32. The van der Waals surface area contributed by atoms with Gasteiger partial charge >= 0.3 is 17.8 Å². The number of hydrogen-bond donors (Lipinski definition) is 2. The molecule has 16 nitrogen and oxygen atoms in total. The second-order valence-electron chi connectivity index (χ2n) is 18.0. The van der Waals surface area contributed by atoms with E-state index in [1.54, 1.807) is 11.1 Å². The van der Waals surface area contributed by atoms with Crippen LogP contribution in [0.5, 0.6) is 0 Å². The maximum Gasteiger partial charge on any atom is 0.328 e. The third-order valence-electron chi connectivity index (χ3n) is 12.6. The highest BCUT2D eigenvalue weighted by Gasteiger charge is 2.29. The van der Waals surface area contributed by atoms with Crippen molar-refractivity contribution < 1.29 is 18.9 Å². The molecule has 2 N–H and O–H groups in total. The lowest BCUT2D eigenvalue weighted by Crippen LogP contribution is -2.49. The summed E-state index contributed by atoms with van der Waals surface area (Å²) in [6, 6.07) is 16.0. The minimum Gasteiger partial charge on any atom is -0.372 e. The summed E-state index contributed by atoms with van der Waals surface area (Å²) in [7, 11) is 0. The summed E-state index contributed by atoms with van der Waals surface area (Å²) < 4.78 is 9.26. The number of carbonyl (C=O) groups excluding carboxylic acids is 3. The molecule has 62 heavy (non-hydrogen) atoms. The zero-order chi connectivity index (χ0) is 43.1. The molecule has 1 atom stereocenters. The number of rotatable bonds is 10. The van der Waals surface area contributed by atoms with E-state index in [-0.39, 0.29) is 29.3 Å². The zero-order valence-electron chi connectivity index (χ0n) is 36.0. The maximum absolute atomic E-state index is 13.0. The molecule has 2 aromatic carbocycles. The van der Waals surface area contributed by atoms with Gasteiger partial charge < -0.3 is 19.6 Å². The van der Waals surface area contributed by atoms with Crippen LogP contribution in [-0.2, 0) is 10.2 Å². The van der Waals surface area contributed by atoms with E-state index in [1.807, 2.05) is 81.9 Å². The fraction of sp³-hybridized carbons (Fsp3) is 0.435. The van der Waals surface area contributed by atoms with E-state index in [4.69, 9.17) is 14.6 Å². The quantitative estimate of drug-likeness (QED) is 0.150. The number of hydrogen-bond acceptors (Lipinski definition) is 11. The molecule has 9 rings (SSSR count). The molecule has 4 aromatic heterocycles. The average Bonchev–Trinajstić information content (AvgIpc) is 4.06. The van der Waals surface area contributed by atoms with Gasteiger partial charge in [0, 0.05) is 79.8 Å². The first kappa shape index (κ1) is 41.0. The lowest BCUT2D eigenvalue weighted by molar-refractivity contribution is -0.120. The Labute approximate surface area is 360 Å². The lowest BCUT2D eigenvalue weighted by atomic mass is 9.94. The minimum absolute atomic E-state index is 0.0488. The van der Waals surface area contributed by atoms with Crippen LogP contribution in [-0.4, -0.2) is 96.5 Å². The number of anilines is 2. The van der Waals surface area contributed by atoms with Crippen molar-refractivity contribution in [3.8, 4) is 22.5 Å². The van der Waals surface area contributed by atoms with Crippen LogP contribution in [0.1, 0.15) is 99.5 Å². The Morgan fingerprint density at radius 1 is 0.903 bits per heavy atom. The van der Waals surface area contributed by atoms with E-state index in [1.165, 1.54) is 5.69 Å². The van der Waals surface area contributed by atoms with Crippen molar-refractivity contribution in [2.24, 2.45) is 5.92 Å². The summed E-state index contributed by atoms with van der Waals surface area (Å²) in [5.41, 5.74) is 8.06. The van der Waals surface area contributed by atoms with Crippen LogP contribution >= 0.6 is 0 Å². The molecule has 3 aliphatic heterocycles. The molecule has 0 bridgehead atoms. The van der Waals surface area contributed by atoms with Crippen molar-refractivity contribution in [1.29, 1.82) is 0 Å². The molecule has 0 aliphatic carbocycles. The molecule has 3 fully saturated rings. The Morgan fingerprint density at radius 3 is 2.37 bits per heavy atom. The summed E-state index contributed by atoms with van der Waals surface area (Å²) in [6.07, 6.45) is 12.5. The first-order chi connectivity index (χ1) is 29.9. The van der Waals surface area contributed by atoms with Crippen molar-refractivity contribution in [3.63, 3.8) is 0 Å². The summed E-state index contributed by atoms with van der Waals surface area (Å²) in [5, 5.41) is 18.8. The standard InChI is InChI=1S/C46H54N12O4/c1-29-24-32(6-11-37(29)30(2)49-42(60)43-52-44(53-62-43)46(3,4)5)41-39-12-18-47-58(39)28-38(50-41)33-25-48-57(27-33)36-15-19-54(20-16-36)26-31-13-21-55(22-14-31)34-7-9-35(10-8-34)56-23-17-40(59)51-45(56)61/h6-12,18,24-25,27-28,30-31,36H,13-17,19-23,26H2,1-5H3,(H,49,60)(H,51,59,61)/t30-/m1/s1. The number of nitrogens with zero attached hydrogens (tertiary/aromatic N) is 10. The molecular weight excluding hydrogens is 785 g/mol. The number of aryl methyl sites for hydroxylation is 1. The Balaban J connectivity index is 0.792. The normalized spacial score (nSPS) is 17.8. The van der Waals surface area contributed by atoms with E-state index in [9.17, 15) is 14.4 Å². The fourth-order valence-electron chi connectivity index (χ4n) is 8.97. The third-order valence-corrected chi connectivity index (χ3v) is 12.6. The molecule has 4 amide bonds. The average molecular weight is 839 g/mol. The van der Waals surface area contributed by atoms with E-state index in [2.05, 4.69) is 64.8 Å². The lowest BCUT2D eigenvalue weighted by Gasteiger charge is -2.38. The number of benzene rings is 2. The van der Waals surface area contributed by atoms with E-state index >= 15 is 0 Å². The number of urea groups is 1. The first-order valence-electron chi connectivity index (χ1n) is 21.7. The molecular formula is C46H54N12O4. The predicted octanol–water partition coefficient (Wildman–Crippen LogP) is 6.74. The van der Waals surface area contributed by atoms with Crippen LogP contribution in [0, 0.1) is 12.8 Å². The monoisotopic (exact) mass is 838 g/mol. The van der Waals surface area contributed by atoms with E-state index in [0.29, 0.717) is 30.7 Å². The number of amides is 4. The number of imide groups is 1. The molecule has 0 saturated carbocycles. The summed E-state index contributed by atoms with van der Waals surface area (Å²) in [4.78, 5) is 53.0. The van der Waals surface area contributed by atoms with Gasteiger partial charge in [0.1, 0.15) is 0 Å². The van der Waals surface area contributed by atoms with Crippen molar-refractivity contribution in [1.82, 2.24) is 50.1 Å². The Kier molecular flexibility index (Phi) is 11.1. The van der Waals surface area contributed by atoms with E-state index in [0.717, 1.165) is 103 Å². The van der Waals surface area contributed by atoms with Crippen LogP contribution in [0.2, 0.25) is 0 Å². The number of piperidine rings is 2. The van der Waals surface area contributed by atoms with Gasteiger partial charge in [-0.1, -0.05) is 38.1 Å². The molecule has 0 radical (unpaired) electrons. The fourth-order valence-corrected chi connectivity index (χ4v) is 8.97. The molecule has 16 heteroatoms. The second kappa shape index (κ2) is 16.8. The minimum atomic E-state index is -0.410. The van der Waals surface area contributed by atoms with Crippen LogP contribution in [0.3, 0.4) is 0 Å². The number of carbonyl (C=O) groups is 3. The largest absolute Gasteiger partial charge is 0.372 e. The summed E-state index contributed by atoms with van der Waals surface area (Å²) in [6.45, 7) is 15.5. The first-order valence-corrected chi connectivity index (χ1v) is 21.7. The molecule has 3 saturated heterocycles. The Hall–Kier alpha value is -6.42. The van der Waals surface area contributed by atoms with Gasteiger partial charge in [0.05, 0.1) is 47.6 Å². The van der Waals surface area contributed by atoms with Crippen molar-refractivity contribution in [3.05, 3.63) is 96.2 Å². The predicted molar refractivity (Wildman–Crippen MR) is 235 cm³/mol. The SMILES string of the molecule is Cc1cc(-c2nc(-c3cnn(C4CCN(CC5CCN(c6ccc(N7CCC(=O)NC7=O)cc6)CC5)CC4)c3)cn3nccc23)ccc1[C@@H](C)NC(=O)c1nc(C(C)(C)C)no1. The molecule has 322 valence electrons. The smallest absolute Gasteiger partial charge is 0.328 e. The van der Waals surface area contributed by atoms with Gasteiger partial charge in [-0.05, 0) is 93.0 Å². The Bertz CT molecular complexity index is 2590. The van der Waals surface area contributed by atoms with Gasteiger partial charge in [0.15, 0.2) is 5.82 Å². The molecule has 6 aromatic rings. The van der Waals surface area contributed by atoms with Crippen molar-refractivity contribution >= 4 is 34.7 Å². The molecule has 3 aliphatic rings. The molecule has 7 heterocycles. The summed E-state index contributed by atoms with van der Waals surface area (Å²) >= 11 is 0. The maximum atomic E-state index is 13.0. The number of aromatic nitrogens is 7. The van der Waals surface area contributed by atoms with Gasteiger partial charge in [-0.25, -0.2) is 14.3 Å². The van der Waals surface area contributed by atoms with Crippen LogP contribution in [0.4, 0.5) is 16.2 Å². The van der Waals surface area contributed by atoms with E-state index < -0.39 is 5.91 Å². The number of fused-ring (bicyclic) bond motifs is 1. The number of nitrogens with one attached hydrogen (secondary N) is 2. The second-order valence-corrected chi connectivity index (χ2v) is 18.0. The highest BCUT2D eigenvalue weighted by molar-refractivity contribution is 6.05. The van der Waals surface area contributed by atoms with Crippen LogP contribution in [0.25, 0.3) is 28.0 Å². The van der Waals surface area contributed by atoms with Gasteiger partial charge in [-0.3, -0.25) is 24.5 Å². The van der Waals surface area contributed by atoms with Crippen molar-refractivity contribution in [2.45, 2.75) is 84.2 Å². The van der Waals surface area contributed by atoms with Crippen LogP contribution < -0.4 is 20.4 Å². The number of likely N-dealkylation sites (tertiary alicyclic amines) is 1. The highest BCUT2D eigenvalue weighted by atomic mass is 16.5. The van der Waals surface area contributed by atoms with Gasteiger partial charge in [-0.2, -0.15) is 15.2 Å².